The van der Waals surface area contributed by atoms with E-state index < -0.39 is 9.90 Å². The quantitative estimate of drug-likeness (QED) is 0.675. The molecule has 0 aliphatic carbocycles. The van der Waals surface area contributed by atoms with Crippen LogP contribution in [-0.4, -0.2) is 20.8 Å². The molecule has 0 bridgehead atoms. The number of alkyl halides is 3. The zero-order valence-electron chi connectivity index (χ0n) is 7.66. The summed E-state index contributed by atoms with van der Waals surface area (Å²) in [7, 11) is 0. The largest absolute Gasteiger partial charge is 0.388 e. The fraction of sp³-hybridized carbons (Fsp3) is 0.300. The lowest BCUT2D eigenvalue weighted by atomic mass is 10.1. The predicted molar refractivity (Wildman–Crippen MR) is 61.7 cm³/mol. The first-order valence-corrected chi connectivity index (χ1v) is 5.37. The van der Waals surface area contributed by atoms with E-state index in [4.69, 9.17) is 34.8 Å². The SMILES string of the molecule is O=C(C[C@H](O)C(Cl)(Cl)Cl)c1ccccc1. The molecule has 0 aliphatic rings. The topological polar surface area (TPSA) is 37.3 Å². The lowest BCUT2D eigenvalue weighted by Gasteiger charge is -2.17. The Hall–Kier alpha value is -0.280. The second-order valence-electron chi connectivity index (χ2n) is 3.05. The number of hydrogen-bond donors (Lipinski definition) is 1. The molecule has 0 spiro atoms. The molecular weight excluding hydrogens is 258 g/mol. The molecule has 0 heterocycles. The van der Waals surface area contributed by atoms with Gasteiger partial charge in [0.15, 0.2) is 5.78 Å². The average molecular weight is 268 g/mol. The van der Waals surface area contributed by atoms with Gasteiger partial charge in [0.05, 0.1) is 0 Å². The van der Waals surface area contributed by atoms with E-state index in [0.29, 0.717) is 5.56 Å². The Morgan fingerprint density at radius 3 is 2.27 bits per heavy atom. The number of aliphatic hydroxyl groups is 1. The first kappa shape index (κ1) is 12.8. The third-order valence-electron chi connectivity index (χ3n) is 1.85. The third kappa shape index (κ3) is 3.99. The number of Topliss-reactive ketones (excluding diaryl/α,β-unsaturated/α-hetero) is 1. The average Bonchev–Trinajstić information content (AvgIpc) is 2.17. The van der Waals surface area contributed by atoms with Crippen molar-refractivity contribution in [2.75, 3.05) is 0 Å². The number of rotatable bonds is 3. The summed E-state index contributed by atoms with van der Waals surface area (Å²) in [5.74, 6) is -0.255. The van der Waals surface area contributed by atoms with Crippen LogP contribution >= 0.6 is 34.8 Å². The predicted octanol–water partition coefficient (Wildman–Crippen LogP) is 2.99. The van der Waals surface area contributed by atoms with Crippen molar-refractivity contribution >= 4 is 40.6 Å². The highest BCUT2D eigenvalue weighted by molar-refractivity contribution is 6.68. The molecule has 1 aromatic rings. The van der Waals surface area contributed by atoms with Crippen molar-refractivity contribution in [1.82, 2.24) is 0 Å². The van der Waals surface area contributed by atoms with Crippen LogP contribution in [0.3, 0.4) is 0 Å². The first-order chi connectivity index (χ1) is 6.91. The first-order valence-electron chi connectivity index (χ1n) is 4.24. The second-order valence-corrected chi connectivity index (χ2v) is 5.42. The fourth-order valence-corrected chi connectivity index (χ4v) is 1.26. The minimum absolute atomic E-state index is 0.208. The summed E-state index contributed by atoms with van der Waals surface area (Å²) in [6, 6.07) is 8.55. The zero-order valence-corrected chi connectivity index (χ0v) is 9.93. The molecular formula is C10H9Cl3O2. The van der Waals surface area contributed by atoms with Gasteiger partial charge in [-0.15, -0.1) is 0 Å². The number of halogens is 3. The van der Waals surface area contributed by atoms with Gasteiger partial charge in [-0.3, -0.25) is 4.79 Å². The van der Waals surface area contributed by atoms with Crippen molar-refractivity contribution in [3.63, 3.8) is 0 Å². The summed E-state index contributed by atoms with van der Waals surface area (Å²) in [5, 5.41) is 9.40. The number of ketones is 1. The molecule has 0 amide bonds. The zero-order chi connectivity index (χ0) is 11.5. The number of carbonyl (C=O) groups is 1. The van der Waals surface area contributed by atoms with Crippen LogP contribution in [0, 0.1) is 0 Å². The highest BCUT2D eigenvalue weighted by Crippen LogP contribution is 2.32. The van der Waals surface area contributed by atoms with Gasteiger partial charge in [0.2, 0.25) is 3.79 Å². The third-order valence-corrected chi connectivity index (χ3v) is 2.61. The van der Waals surface area contributed by atoms with Crippen LogP contribution in [0.5, 0.6) is 0 Å². The molecule has 1 aromatic carbocycles. The Morgan fingerprint density at radius 1 is 1.27 bits per heavy atom. The van der Waals surface area contributed by atoms with Crippen LogP contribution in [0.2, 0.25) is 0 Å². The Morgan fingerprint density at radius 2 is 1.80 bits per heavy atom. The molecule has 2 nitrogen and oxygen atoms in total. The number of aliphatic hydroxyl groups excluding tert-OH is 1. The van der Waals surface area contributed by atoms with Crippen molar-refractivity contribution < 1.29 is 9.90 Å². The van der Waals surface area contributed by atoms with E-state index in [1.54, 1.807) is 30.3 Å². The summed E-state index contributed by atoms with van der Waals surface area (Å²) in [6.45, 7) is 0. The molecule has 0 saturated heterocycles. The van der Waals surface area contributed by atoms with E-state index in [2.05, 4.69) is 0 Å². The summed E-state index contributed by atoms with van der Waals surface area (Å²) in [6.07, 6.45) is -1.50. The van der Waals surface area contributed by atoms with Crippen LogP contribution in [0.15, 0.2) is 30.3 Å². The fourth-order valence-electron chi connectivity index (χ4n) is 1.03. The van der Waals surface area contributed by atoms with E-state index in [1.165, 1.54) is 0 Å². The minimum atomic E-state index is -1.83. The summed E-state index contributed by atoms with van der Waals surface area (Å²) in [5.41, 5.74) is 0.491. The molecule has 0 saturated carbocycles. The van der Waals surface area contributed by atoms with Crippen LogP contribution in [0.4, 0.5) is 0 Å². The molecule has 0 radical (unpaired) electrons. The van der Waals surface area contributed by atoms with Crippen LogP contribution in [0.1, 0.15) is 16.8 Å². The number of benzene rings is 1. The highest BCUT2D eigenvalue weighted by Gasteiger charge is 2.32. The number of hydrogen-bond acceptors (Lipinski definition) is 2. The van der Waals surface area contributed by atoms with Crippen LogP contribution < -0.4 is 0 Å². The smallest absolute Gasteiger partial charge is 0.216 e. The van der Waals surface area contributed by atoms with Gasteiger partial charge in [-0.05, 0) is 0 Å². The van der Waals surface area contributed by atoms with Crippen molar-refractivity contribution in [3.05, 3.63) is 35.9 Å². The molecule has 0 unspecified atom stereocenters. The molecule has 0 aliphatic heterocycles. The van der Waals surface area contributed by atoms with Gasteiger partial charge in [0, 0.05) is 12.0 Å². The lowest BCUT2D eigenvalue weighted by molar-refractivity contribution is 0.0885. The van der Waals surface area contributed by atoms with Gasteiger partial charge in [-0.25, -0.2) is 0 Å². The van der Waals surface area contributed by atoms with Gasteiger partial charge in [0.25, 0.3) is 0 Å². The maximum Gasteiger partial charge on any atom is 0.216 e. The van der Waals surface area contributed by atoms with Crippen molar-refractivity contribution in [2.24, 2.45) is 0 Å². The van der Waals surface area contributed by atoms with Gasteiger partial charge in [-0.1, -0.05) is 65.1 Å². The Bertz CT molecular complexity index is 332. The van der Waals surface area contributed by atoms with Crippen LogP contribution in [0.25, 0.3) is 0 Å². The van der Waals surface area contributed by atoms with E-state index in [1.807, 2.05) is 0 Å². The molecule has 82 valence electrons. The summed E-state index contributed by atoms with van der Waals surface area (Å²) >= 11 is 16.3. The molecule has 15 heavy (non-hydrogen) atoms. The standard InChI is InChI=1S/C10H9Cl3O2/c11-10(12,13)9(15)6-8(14)7-4-2-1-3-5-7/h1-5,9,15H,6H2/t9-/m0/s1. The second kappa shape index (κ2) is 5.17. The monoisotopic (exact) mass is 266 g/mol. The summed E-state index contributed by atoms with van der Waals surface area (Å²) < 4.78 is -1.83. The minimum Gasteiger partial charge on any atom is -0.388 e. The Balaban J connectivity index is 2.65. The van der Waals surface area contributed by atoms with Crippen LogP contribution in [-0.2, 0) is 0 Å². The molecule has 1 rings (SSSR count). The summed E-state index contributed by atoms with van der Waals surface area (Å²) in [4.78, 5) is 11.6. The van der Waals surface area contributed by atoms with E-state index in [9.17, 15) is 9.90 Å². The maximum atomic E-state index is 11.6. The van der Waals surface area contributed by atoms with E-state index in [-0.39, 0.29) is 12.2 Å². The molecule has 1 atom stereocenters. The Kier molecular flexibility index (Phi) is 4.41. The van der Waals surface area contributed by atoms with Gasteiger partial charge >= 0.3 is 0 Å². The highest BCUT2D eigenvalue weighted by atomic mass is 35.6. The molecule has 0 fully saturated rings. The molecule has 5 heteroatoms. The van der Waals surface area contributed by atoms with Gasteiger partial charge in [0.1, 0.15) is 6.10 Å². The van der Waals surface area contributed by atoms with E-state index >= 15 is 0 Å². The van der Waals surface area contributed by atoms with Gasteiger partial charge < -0.3 is 5.11 Å². The van der Waals surface area contributed by atoms with Crippen molar-refractivity contribution in [3.8, 4) is 0 Å². The van der Waals surface area contributed by atoms with Gasteiger partial charge in [-0.2, -0.15) is 0 Å². The van der Waals surface area contributed by atoms with Crippen molar-refractivity contribution in [2.45, 2.75) is 16.3 Å². The normalized spacial score (nSPS) is 13.6. The van der Waals surface area contributed by atoms with E-state index in [0.717, 1.165) is 0 Å². The molecule has 1 N–H and O–H groups in total. The number of carbonyl (C=O) groups excluding carboxylic acids is 1. The lowest BCUT2D eigenvalue weighted by Crippen LogP contribution is -2.27. The Labute approximate surface area is 103 Å². The van der Waals surface area contributed by atoms with Crippen molar-refractivity contribution in [1.29, 1.82) is 0 Å². The molecule has 0 aromatic heterocycles. The maximum absolute atomic E-state index is 11.6.